The molecule has 0 aliphatic carbocycles. The quantitative estimate of drug-likeness (QED) is 0.200. The first-order chi connectivity index (χ1) is 14.4. The van der Waals surface area contributed by atoms with E-state index < -0.39 is 40.8 Å². The summed E-state index contributed by atoms with van der Waals surface area (Å²) in [5.74, 6) is 4.66. The number of rotatable bonds is 4. The van der Waals surface area contributed by atoms with E-state index in [1.807, 2.05) is 0 Å². The van der Waals surface area contributed by atoms with Crippen molar-refractivity contribution in [2.75, 3.05) is 5.01 Å². The zero-order valence-electron chi connectivity index (χ0n) is 15.7. The van der Waals surface area contributed by atoms with Crippen LogP contribution in [-0.2, 0) is 17.1 Å². The van der Waals surface area contributed by atoms with Crippen LogP contribution >= 0.6 is 12.4 Å². The third-order valence-electron chi connectivity index (χ3n) is 3.86. The number of hydrazine groups is 1. The summed E-state index contributed by atoms with van der Waals surface area (Å²) in [7, 11) is 0. The minimum Gasteiger partial charge on any atom is -0.268 e. The summed E-state index contributed by atoms with van der Waals surface area (Å²) in [5.41, 5.74) is -3.48. The molecule has 0 unspecified atom stereocenters. The van der Waals surface area contributed by atoms with Gasteiger partial charge in [-0.05, 0) is 30.3 Å². The van der Waals surface area contributed by atoms with Gasteiger partial charge in [0, 0.05) is 24.0 Å². The number of hydrogen-bond donors (Lipinski definition) is 1. The normalized spacial score (nSPS) is 12.0. The highest BCUT2D eigenvalue weighted by Gasteiger charge is 2.37. The van der Waals surface area contributed by atoms with E-state index in [2.05, 4.69) is 15.1 Å². The van der Waals surface area contributed by atoms with Gasteiger partial charge < -0.3 is 0 Å². The Balaban J connectivity index is 0.00000363. The van der Waals surface area contributed by atoms with Gasteiger partial charge in [0.1, 0.15) is 12.1 Å². The molecule has 14 heteroatoms. The predicted molar refractivity (Wildman–Crippen MR) is 104 cm³/mol. The zero-order valence-corrected chi connectivity index (χ0v) is 16.5. The van der Waals surface area contributed by atoms with Gasteiger partial charge in [0.2, 0.25) is 0 Å². The lowest BCUT2D eigenvalue weighted by Crippen LogP contribution is -2.36. The molecule has 0 radical (unpaired) electrons. The number of benzene rings is 1. The Bertz CT molecular complexity index is 1080. The average molecular weight is 479 g/mol. The Morgan fingerprint density at radius 2 is 1.62 bits per heavy atom. The number of hydrogen-bond acceptors (Lipinski definition) is 5. The molecule has 3 aromatic rings. The number of amides is 1. The van der Waals surface area contributed by atoms with Crippen LogP contribution in [0.25, 0.3) is 17.6 Å². The minimum atomic E-state index is -5.00. The fraction of sp³-hybridized carbons (Fsp3) is 0.111. The van der Waals surface area contributed by atoms with Crippen LogP contribution in [0.4, 0.5) is 32.2 Å². The second-order valence-corrected chi connectivity index (χ2v) is 6.05. The molecular formula is C18H13ClF6N6O. The van der Waals surface area contributed by atoms with Gasteiger partial charge in [-0.25, -0.2) is 25.5 Å². The summed E-state index contributed by atoms with van der Waals surface area (Å²) >= 11 is 0. The van der Waals surface area contributed by atoms with Crippen molar-refractivity contribution in [2.24, 2.45) is 5.84 Å². The van der Waals surface area contributed by atoms with Crippen LogP contribution in [-0.4, -0.2) is 25.7 Å². The SMILES string of the molecule is Cl.NN(C(=O)/C=C\n1cnc(-c2cc(C(F)(F)F)cc(C(F)(F)F)c2)n1)c1ccccn1. The highest BCUT2D eigenvalue weighted by atomic mass is 35.5. The molecular weight excluding hydrogens is 466 g/mol. The number of nitrogens with zero attached hydrogens (tertiary/aromatic N) is 5. The van der Waals surface area contributed by atoms with Crippen molar-refractivity contribution in [3.8, 4) is 11.4 Å². The molecule has 1 amide bonds. The summed E-state index contributed by atoms with van der Waals surface area (Å²) in [5, 5.41) is 4.52. The van der Waals surface area contributed by atoms with Crippen LogP contribution in [0.15, 0.2) is 55.0 Å². The molecule has 0 saturated heterocycles. The summed E-state index contributed by atoms with van der Waals surface area (Å²) in [6.07, 6.45) is -5.52. The molecule has 2 N–H and O–H groups in total. The highest BCUT2D eigenvalue weighted by Crippen LogP contribution is 2.38. The molecule has 0 saturated carbocycles. The summed E-state index contributed by atoms with van der Waals surface area (Å²) in [6, 6.07) is 5.72. The standard InChI is InChI=1S/C18H12F6N6O.ClH/c19-17(20,21)12-7-11(8-13(9-12)18(22,23)24)16-27-10-29(28-16)6-4-15(31)30(25)14-3-1-2-5-26-14;/h1-10H,25H2;1H/b6-4-;. The zero-order chi connectivity index (χ0) is 22.8. The van der Waals surface area contributed by atoms with Crippen LogP contribution < -0.4 is 10.9 Å². The van der Waals surface area contributed by atoms with E-state index in [1.54, 1.807) is 12.1 Å². The second-order valence-electron chi connectivity index (χ2n) is 6.05. The third-order valence-corrected chi connectivity index (χ3v) is 3.86. The molecule has 3 rings (SSSR count). The van der Waals surface area contributed by atoms with Crippen molar-refractivity contribution in [2.45, 2.75) is 12.4 Å². The third kappa shape index (κ3) is 5.82. The Kier molecular flexibility index (Phi) is 7.26. The van der Waals surface area contributed by atoms with Crippen LogP contribution in [0.1, 0.15) is 11.1 Å². The van der Waals surface area contributed by atoms with E-state index >= 15 is 0 Å². The van der Waals surface area contributed by atoms with Gasteiger partial charge in [0.05, 0.1) is 11.1 Å². The lowest BCUT2D eigenvalue weighted by molar-refractivity contribution is -0.143. The molecule has 0 aliphatic rings. The molecule has 1 aromatic carbocycles. The largest absolute Gasteiger partial charge is 0.416 e. The summed E-state index contributed by atoms with van der Waals surface area (Å²) in [4.78, 5) is 19.7. The van der Waals surface area contributed by atoms with Crippen molar-refractivity contribution in [3.05, 3.63) is 66.1 Å². The molecule has 2 aromatic heterocycles. The van der Waals surface area contributed by atoms with Crippen molar-refractivity contribution < 1.29 is 31.1 Å². The molecule has 7 nitrogen and oxygen atoms in total. The van der Waals surface area contributed by atoms with Crippen molar-refractivity contribution >= 4 is 30.3 Å². The molecule has 0 bridgehead atoms. The van der Waals surface area contributed by atoms with Crippen molar-refractivity contribution in [1.82, 2.24) is 19.7 Å². The smallest absolute Gasteiger partial charge is 0.268 e. The van der Waals surface area contributed by atoms with Gasteiger partial charge in [0.25, 0.3) is 5.91 Å². The molecule has 0 atom stereocenters. The van der Waals surface area contributed by atoms with E-state index in [4.69, 9.17) is 5.84 Å². The lowest BCUT2D eigenvalue weighted by atomic mass is 10.0. The Labute approximate surface area is 182 Å². The molecule has 32 heavy (non-hydrogen) atoms. The number of aromatic nitrogens is 4. The fourth-order valence-electron chi connectivity index (χ4n) is 2.39. The second kappa shape index (κ2) is 9.36. The Morgan fingerprint density at radius 3 is 2.16 bits per heavy atom. The first-order valence-corrected chi connectivity index (χ1v) is 8.34. The van der Waals surface area contributed by atoms with Gasteiger partial charge in [-0.2, -0.15) is 26.3 Å². The summed E-state index contributed by atoms with van der Waals surface area (Å²) in [6.45, 7) is 0. The minimum absolute atomic E-state index is 0. The van der Waals surface area contributed by atoms with Gasteiger partial charge in [-0.15, -0.1) is 17.5 Å². The fourth-order valence-corrected chi connectivity index (χ4v) is 2.39. The number of nitrogens with two attached hydrogens (primary N) is 1. The Morgan fingerprint density at radius 1 is 1.00 bits per heavy atom. The first-order valence-electron chi connectivity index (χ1n) is 8.34. The number of halogens is 7. The van der Waals surface area contributed by atoms with Gasteiger partial charge in [0.15, 0.2) is 5.82 Å². The maximum absolute atomic E-state index is 13.0. The lowest BCUT2D eigenvalue weighted by Gasteiger charge is -2.13. The van der Waals surface area contributed by atoms with Gasteiger partial charge in [-0.3, -0.25) is 4.79 Å². The Hall–Kier alpha value is -3.45. The van der Waals surface area contributed by atoms with Gasteiger partial charge >= 0.3 is 12.4 Å². The number of alkyl halides is 6. The average Bonchev–Trinajstić information content (AvgIpc) is 3.19. The monoisotopic (exact) mass is 478 g/mol. The van der Waals surface area contributed by atoms with E-state index in [0.717, 1.165) is 28.3 Å². The van der Waals surface area contributed by atoms with Crippen LogP contribution in [0.2, 0.25) is 0 Å². The molecule has 0 fully saturated rings. The maximum atomic E-state index is 13.0. The molecule has 2 heterocycles. The number of pyridine rings is 1. The number of carbonyl (C=O) groups excluding carboxylic acids is 1. The number of carbonyl (C=O) groups is 1. The highest BCUT2D eigenvalue weighted by molar-refractivity contribution is 6.01. The van der Waals surface area contributed by atoms with Crippen LogP contribution in [0, 0.1) is 0 Å². The van der Waals surface area contributed by atoms with Gasteiger partial charge in [-0.1, -0.05) is 6.07 Å². The maximum Gasteiger partial charge on any atom is 0.416 e. The van der Waals surface area contributed by atoms with Crippen LogP contribution in [0.3, 0.4) is 0 Å². The van der Waals surface area contributed by atoms with E-state index in [9.17, 15) is 31.1 Å². The molecule has 0 spiro atoms. The first kappa shape index (κ1) is 24.8. The van der Waals surface area contributed by atoms with Crippen molar-refractivity contribution in [3.63, 3.8) is 0 Å². The topological polar surface area (TPSA) is 89.9 Å². The molecule has 0 aliphatic heterocycles. The van der Waals surface area contributed by atoms with Crippen molar-refractivity contribution in [1.29, 1.82) is 0 Å². The number of anilines is 1. The van der Waals surface area contributed by atoms with Crippen LogP contribution in [0.5, 0.6) is 0 Å². The predicted octanol–water partition coefficient (Wildman–Crippen LogP) is 4.18. The van der Waals surface area contributed by atoms with E-state index in [1.165, 1.54) is 12.3 Å². The summed E-state index contributed by atoms with van der Waals surface area (Å²) < 4.78 is 78.9. The van der Waals surface area contributed by atoms with E-state index in [-0.39, 0.29) is 24.3 Å². The van der Waals surface area contributed by atoms with E-state index in [0.29, 0.717) is 12.1 Å². The molecule has 170 valence electrons.